The van der Waals surface area contributed by atoms with Crippen LogP contribution in [0.2, 0.25) is 0 Å². The number of aliphatic hydroxyl groups excluding tert-OH is 1. The first-order valence-corrected chi connectivity index (χ1v) is 40.9. The summed E-state index contributed by atoms with van der Waals surface area (Å²) in [5.74, 6) is -1.11. The Morgan fingerprint density at radius 2 is 0.929 bits per heavy atom. The van der Waals surface area contributed by atoms with Crippen molar-refractivity contribution in [2.45, 2.75) is 299 Å². The number of rotatable bonds is 39. The third kappa shape index (κ3) is 50.9. The number of carboxylic acid groups (broad SMARTS) is 1. The minimum Gasteiger partial charge on any atom is -1.00 e. The first-order chi connectivity index (χ1) is 58.7. The van der Waals surface area contributed by atoms with Crippen LogP contribution in [0.25, 0.3) is 31.3 Å². The number of esters is 2. The third-order valence-corrected chi connectivity index (χ3v) is 17.7. The van der Waals surface area contributed by atoms with Gasteiger partial charge in [-0.25, -0.2) is 28.8 Å². The van der Waals surface area contributed by atoms with E-state index in [4.69, 9.17) is 77.3 Å². The van der Waals surface area contributed by atoms with Gasteiger partial charge >= 0.3 is 104 Å². The normalized spacial score (nSPS) is 17.5. The molecule has 3 fully saturated rings. The molecule has 4 aromatic rings. The number of amides is 2. The van der Waals surface area contributed by atoms with Gasteiger partial charge < -0.3 is 65.9 Å². The van der Waals surface area contributed by atoms with E-state index in [-0.39, 0.29) is 155 Å². The number of nitrogens with two attached hydrogens (primary N) is 1. The molecule has 2 amide bonds. The number of nitro groups is 1. The van der Waals surface area contributed by atoms with Crippen LogP contribution in [0.3, 0.4) is 0 Å². The number of nitrogens with one attached hydrogen (secondary N) is 5. The van der Waals surface area contributed by atoms with Crippen LogP contribution in [0.4, 0.5) is 20.1 Å². The third-order valence-electron chi connectivity index (χ3n) is 17.6. The number of hydrogen-bond acceptors (Lipinski definition) is 28. The number of Topliss-reactive ketones (excluding diaryl/α,β-unsaturated/α-hetero) is 1. The number of aromatic amines is 3. The van der Waals surface area contributed by atoms with E-state index in [0.717, 1.165) is 77.0 Å². The molecule has 127 heavy (non-hydrogen) atoms. The van der Waals surface area contributed by atoms with E-state index in [0.29, 0.717) is 62.0 Å². The molecule has 7 rings (SSSR count). The Morgan fingerprint density at radius 3 is 1.27 bits per heavy atom. The van der Waals surface area contributed by atoms with E-state index in [2.05, 4.69) is 60.4 Å². The Morgan fingerprint density at radius 1 is 0.583 bits per heavy atom. The van der Waals surface area contributed by atoms with Crippen LogP contribution in [-0.2, 0) is 52.3 Å². The van der Waals surface area contributed by atoms with Crippen LogP contribution in [0.15, 0.2) is 111 Å². The van der Waals surface area contributed by atoms with Crippen LogP contribution < -0.4 is 106 Å². The second kappa shape index (κ2) is 65.4. The largest absolute Gasteiger partial charge is 1.00 e. The number of hydrogen-bond donors (Lipinski definition) is 8. The predicted octanol–water partition coefficient (Wildman–Crippen LogP) is 10.4. The zero-order valence-electron chi connectivity index (χ0n) is 73.9. The number of azide groups is 3. The number of benzene rings is 1. The molecule has 704 valence electrons. The van der Waals surface area contributed by atoms with Gasteiger partial charge in [0.15, 0.2) is 0 Å². The van der Waals surface area contributed by atoms with E-state index in [1.165, 1.54) is 56.6 Å². The Hall–Kier alpha value is -10.1. The van der Waals surface area contributed by atoms with E-state index in [1.54, 1.807) is 47.6 Å². The van der Waals surface area contributed by atoms with Gasteiger partial charge in [0.2, 0.25) is 0 Å². The summed E-state index contributed by atoms with van der Waals surface area (Å²) in [4.78, 5) is 174. The molecule has 6 heterocycles. The van der Waals surface area contributed by atoms with Gasteiger partial charge in [-0.15, -0.1) is 0 Å². The molecule has 3 unspecified atom stereocenters. The van der Waals surface area contributed by atoms with Crippen LogP contribution in [-0.4, -0.2) is 172 Å². The van der Waals surface area contributed by atoms with Gasteiger partial charge in [0, 0.05) is 132 Å². The number of carboxylic acids is 1. The van der Waals surface area contributed by atoms with Crippen molar-refractivity contribution in [3.63, 3.8) is 0 Å². The maximum atomic E-state index is 12.1. The van der Waals surface area contributed by atoms with Crippen LogP contribution in [0.1, 0.15) is 248 Å². The standard InChI is InChI=1S/C24H35N5O6.C22H34N6O7.C10H13N5O4.C10H22N2O2.C7H4ClNO4.C6H10O2.2CH4.K.H/c1-3-4-8-11-18(30)12-9-6-5-7-10-13-22(31)34-16-20-19(27-28-25)14-21(35-20)29-15-17(2)23(32)26-24(29)33;1-14-12-28(20(31)25-19(14)30)17-11-15(26-27-23)16(34-17)13-33-18(29)9-7-5-6-8-10-24-21(32)35-22(2,3)4;1-5-3-15(10(18)12-9(5)17)8-2-6(13-14-11)7(4-16)19-8;1-10(2,3)14-9(13)12-8-6-4-5-7-11;8-7(10)13-6-3-1-5(2-4-6)9(11)12;1-2-3-4-5-6(7)8;;;;/h4,8,15,19-21H,3,5-7,9-14,16H2,1-2H3,(H,26,32,33);12,15-17H,5-11,13H2,1-4H3,(H,24,32)(H,25,30,31);3,6-8,16H,2,4H2,1H3,(H,12,17,18);4-8,11H2,1-3H3,(H,12,13);1-4H;3-4H,2,5H2,1H3,(H,7,8);2*1H4;;/q;;;;;;;;+1;-1/b8-4-;;;;;4-3-;;;;/t19-,20+,21?;15-,16+,17?;6-,7+,8?;;;;;;;/m000......./s1. The molecular formula is C81H127ClKN19O25. The number of aryl methyl sites for hydroxylation is 3. The molecule has 3 aliphatic rings. The zero-order chi connectivity index (χ0) is 92.9. The molecule has 3 aliphatic heterocycles. The van der Waals surface area contributed by atoms with Gasteiger partial charge in [-0.1, -0.05) is 107 Å². The second-order valence-electron chi connectivity index (χ2n) is 30.2. The van der Waals surface area contributed by atoms with Gasteiger partial charge in [-0.2, -0.15) is 0 Å². The SMILES string of the molecule is C.C.CC(C)(C)OC(=O)NCCCCCN.CC/C=C\CC(=O)CCCCCCCC(=O)OC[C@H]1OC(n2cc(C)c(=O)[nH]c2=O)C[C@@H]1N=[N+]=[N-].CC/C=C\CC(=O)O.Cc1cn(C2C[C@H](N=[N+]=[N-])[C@@H](CO)O2)c(=O)[nH]c1=O.Cc1cn(C2C[C@H](N=[N+]=[N-])[C@@H](COC(=O)CCCCCCNC(=O)OC(C)(C)C)O2)c(=O)[nH]c1=O.O=C(Cl)Oc1ccc([N+](=O)[O-])cc1.[H-].[K+]. The monoisotopic (exact) mass is 1840 g/mol. The molecule has 9 N–H and O–H groups in total. The average molecular weight is 1840 g/mol. The summed E-state index contributed by atoms with van der Waals surface area (Å²) in [6.07, 6.45) is 21.2. The number of allylic oxidation sites excluding steroid dienone is 3. The maximum Gasteiger partial charge on any atom is 1.00 e. The van der Waals surface area contributed by atoms with Crippen molar-refractivity contribution in [3.8, 4) is 5.75 Å². The number of ether oxygens (including phenoxy) is 8. The molecule has 1 aromatic carbocycles. The summed E-state index contributed by atoms with van der Waals surface area (Å²) in [5.41, 5.74) is 27.3. The van der Waals surface area contributed by atoms with Crippen molar-refractivity contribution in [2.24, 2.45) is 21.1 Å². The van der Waals surface area contributed by atoms with E-state index in [1.807, 2.05) is 52.8 Å². The number of halogens is 1. The number of non-ortho nitro benzene ring substituents is 1. The fraction of sp³-hybridized carbons (Fsp3) is 0.642. The molecule has 9 atom stereocenters. The molecular weight excluding hydrogens is 1710 g/mol. The first-order valence-electron chi connectivity index (χ1n) is 40.5. The number of nitrogens with zero attached hydrogens (tertiary/aromatic N) is 13. The Kier molecular flexibility index (Phi) is 61.3. The molecule has 0 aliphatic carbocycles. The number of carbonyl (C=O) groups is 7. The number of ketones is 1. The van der Waals surface area contributed by atoms with Crippen molar-refractivity contribution < 1.29 is 139 Å². The minimum atomic E-state index is -0.978. The summed E-state index contributed by atoms with van der Waals surface area (Å²) in [6.45, 7) is 21.0. The van der Waals surface area contributed by atoms with Gasteiger partial charge in [0.05, 0.1) is 42.2 Å². The van der Waals surface area contributed by atoms with E-state index in [9.17, 15) is 72.4 Å². The van der Waals surface area contributed by atoms with Crippen molar-refractivity contribution in [3.05, 3.63) is 188 Å². The van der Waals surface area contributed by atoms with Crippen LogP contribution in [0.5, 0.6) is 5.75 Å². The quantitative estimate of drug-likeness (QED) is 0.00176. The molecule has 0 radical (unpaired) electrons. The molecule has 3 aromatic heterocycles. The number of alkyl carbamates (subject to hydrolysis) is 2. The number of aliphatic hydroxyl groups is 1. The minimum absolute atomic E-state index is 0. The number of carbonyl (C=O) groups excluding carboxylic acids is 6. The summed E-state index contributed by atoms with van der Waals surface area (Å²) >= 11 is 4.92. The van der Waals surface area contributed by atoms with E-state index >= 15 is 0 Å². The molecule has 3 saturated heterocycles. The Balaban J connectivity index is -0.00000155. The number of aromatic nitrogens is 6. The molecule has 0 bridgehead atoms. The van der Waals surface area contributed by atoms with Crippen LogP contribution >= 0.6 is 11.6 Å². The van der Waals surface area contributed by atoms with Crippen molar-refractivity contribution in [1.29, 1.82) is 0 Å². The summed E-state index contributed by atoms with van der Waals surface area (Å²) < 4.78 is 46.1. The summed E-state index contributed by atoms with van der Waals surface area (Å²) in [6, 6.07) is 3.23. The fourth-order valence-corrected chi connectivity index (χ4v) is 11.6. The topological polar surface area (TPSA) is 638 Å². The maximum absolute atomic E-state index is 12.1. The molecule has 0 spiro atoms. The fourth-order valence-electron chi connectivity index (χ4n) is 11.5. The van der Waals surface area contributed by atoms with Crippen molar-refractivity contribution in [1.82, 2.24) is 39.3 Å². The van der Waals surface area contributed by atoms with Gasteiger partial charge in [-0.05, 0) is 149 Å². The number of H-pyrrole nitrogens is 3. The number of aliphatic carboxylic acids is 1. The number of unbranched alkanes of at least 4 members (excludes halogenated alkanes) is 9. The first kappa shape index (κ1) is 119. The van der Waals surface area contributed by atoms with Crippen molar-refractivity contribution >= 4 is 58.6 Å². The average Bonchev–Trinajstić information content (AvgIpc) is 1.60. The predicted molar refractivity (Wildman–Crippen MR) is 469 cm³/mol. The summed E-state index contributed by atoms with van der Waals surface area (Å²) in [7, 11) is 0. The number of nitro benzene ring substituents is 1. The smallest absolute Gasteiger partial charge is 1.00 e. The molecule has 46 heteroatoms. The van der Waals surface area contributed by atoms with Gasteiger partial charge in [0.25, 0.3) is 22.4 Å². The van der Waals surface area contributed by atoms with Crippen LogP contribution in [0, 0.1) is 30.9 Å². The zero-order valence-corrected chi connectivity index (χ0v) is 76.8. The van der Waals surface area contributed by atoms with Gasteiger partial charge in [-0.3, -0.25) is 72.3 Å². The van der Waals surface area contributed by atoms with Gasteiger partial charge in [0.1, 0.15) is 66.8 Å². The van der Waals surface area contributed by atoms with Crippen molar-refractivity contribution in [2.75, 3.05) is 39.5 Å². The second-order valence-corrected chi connectivity index (χ2v) is 30.5. The Labute approximate surface area is 784 Å². The molecule has 0 saturated carbocycles. The summed E-state index contributed by atoms with van der Waals surface area (Å²) in [5, 5.41) is 43.8. The molecule has 44 nitrogen and oxygen atoms in total. The van der Waals surface area contributed by atoms with E-state index < -0.39 is 128 Å². The Bertz CT molecular complexity index is 4660.